The van der Waals surface area contributed by atoms with E-state index in [9.17, 15) is 72.5 Å². The van der Waals surface area contributed by atoms with Gasteiger partial charge in [0, 0.05) is 19.2 Å². The molecule has 0 unspecified atom stereocenters. The van der Waals surface area contributed by atoms with Gasteiger partial charge >= 0.3 is 0 Å². The third kappa shape index (κ3) is 34.7. The van der Waals surface area contributed by atoms with Crippen molar-refractivity contribution in [2.24, 2.45) is 34.6 Å². The second-order valence-corrected chi connectivity index (χ2v) is 28.1. The molecule has 2 aromatic rings. The Kier molecular flexibility index (Phi) is 45.2. The van der Waals surface area contributed by atoms with Crippen molar-refractivity contribution in [2.45, 2.75) is 261 Å². The molecule has 25 N–H and O–H groups in total. The Morgan fingerprint density at radius 2 is 0.982 bits per heavy atom. The van der Waals surface area contributed by atoms with Crippen LogP contribution >= 0.6 is 0 Å². The van der Waals surface area contributed by atoms with Crippen LogP contribution in [0, 0.1) is 5.92 Å². The third-order valence-electron chi connectivity index (χ3n) is 18.4. The highest BCUT2D eigenvalue weighted by molar-refractivity contribution is 6.01. The smallest absolute Gasteiger partial charge is 0.257 e. The quantitative estimate of drug-likeness (QED) is 0.0332. The van der Waals surface area contributed by atoms with Crippen LogP contribution in [0.1, 0.15) is 193 Å². The van der Waals surface area contributed by atoms with Gasteiger partial charge in [-0.3, -0.25) is 62.3 Å². The number of nitrogens with one attached hydrogen (secondary N) is 13. The summed E-state index contributed by atoms with van der Waals surface area (Å²) in [6.45, 7) is 8.78. The standard InChI is InChI=1S/C75H126N18O16/c1-8-10-12-14-16-18-24-52(83-64(97)50-23-20-22-49(43-50)48-27-29-51(30-28-48)109-44-61(96)81-7)65(98)85-54(26-21-36-76)71(104)93-63(47(6)95)75(108)90-57(33-39-79)69(102)89-59-35-41-82-74(107)62(46(5)94)92-72(105)58(34-40-80)87-68(101)56(32-38-78)88-73(106)60(42-45(3)4)91-66(99)53(25-19-17-15-13-11-9-2)84-67(100)55(31-37-77)86-70(59)103/h20,22-23,27-30,43,45-47,52-60,62-63,94-95H,8-19,21,24-26,31-42,44,76-80H2,1-7H3,(H,81,96)(H,82,107)(H,83,97)(H,84,100)(H,85,98)(H,86,103)(H,87,101)(H,88,106)(H,89,102)(H,90,108)(H,91,99)(H,92,105)(H,93,104)/t46-,47-,52+,53-,54+,55+,56+,57+,58+,59+,60+,62+,63+/m1/s1. The number of likely N-dealkylation sites (N-methyl/N-ethyl adjacent to an activating group) is 1. The molecular weight excluding hydrogens is 1410 g/mol. The van der Waals surface area contributed by atoms with E-state index >= 15 is 0 Å². The molecule has 34 nitrogen and oxygen atoms in total. The molecule has 0 aliphatic carbocycles. The summed E-state index contributed by atoms with van der Waals surface area (Å²) >= 11 is 0. The zero-order chi connectivity index (χ0) is 81.0. The fraction of sp³-hybridized carbons (Fsp3) is 0.667. The molecule has 0 saturated carbocycles. The van der Waals surface area contributed by atoms with Gasteiger partial charge in [-0.05, 0) is 152 Å². The molecule has 1 aliphatic rings. The number of benzene rings is 2. The third-order valence-corrected chi connectivity index (χ3v) is 18.4. The molecule has 0 bridgehead atoms. The van der Waals surface area contributed by atoms with Gasteiger partial charge in [0.1, 0.15) is 72.2 Å². The fourth-order valence-electron chi connectivity index (χ4n) is 12.1. The summed E-state index contributed by atoms with van der Waals surface area (Å²) in [6.07, 6.45) is 5.73. The van der Waals surface area contributed by atoms with Gasteiger partial charge < -0.3 is 113 Å². The summed E-state index contributed by atoms with van der Waals surface area (Å²) < 4.78 is 5.53. The van der Waals surface area contributed by atoms with Crippen molar-refractivity contribution in [3.63, 3.8) is 0 Å². The van der Waals surface area contributed by atoms with Gasteiger partial charge in [0.15, 0.2) is 6.61 Å². The Hall–Kier alpha value is -8.93. The molecule has 2 aromatic carbocycles. The SMILES string of the molecule is CCCCCCCC[C@H](NC(=O)c1cccc(-c2ccc(OCC(=O)NC)cc2)c1)C(=O)N[C@@H](CCCN)C(=O)N[C@H](C(=O)N[C@@H](CCN)C(=O)N[C@H]1CCNC(=O)[C@H]([C@@H](C)O)NC(=O)[C@H](CCN)NC(=O)[C@H](CCN)NC(=O)[C@H](CC(C)C)NC(=O)[C@@H](CCCCCCCC)NC(=O)[C@H](CCN)NC1=O)[C@@H](C)O. The lowest BCUT2D eigenvalue weighted by molar-refractivity contribution is -0.137. The number of nitrogens with two attached hydrogens (primary N) is 5. The maximum Gasteiger partial charge on any atom is 0.257 e. The highest BCUT2D eigenvalue weighted by Crippen LogP contribution is 2.24. The van der Waals surface area contributed by atoms with E-state index < -0.39 is 163 Å². The molecule has 0 aromatic heterocycles. The van der Waals surface area contributed by atoms with E-state index in [4.69, 9.17) is 33.4 Å². The average Bonchev–Trinajstić information content (AvgIpc) is 0.977. The number of carbonyl (C=O) groups excluding carboxylic acids is 13. The Morgan fingerprint density at radius 1 is 0.495 bits per heavy atom. The van der Waals surface area contributed by atoms with Crippen molar-refractivity contribution >= 4 is 76.8 Å². The maximum absolute atomic E-state index is 14.8. The summed E-state index contributed by atoms with van der Waals surface area (Å²) in [5, 5.41) is 56.0. The van der Waals surface area contributed by atoms with Crippen molar-refractivity contribution in [1.29, 1.82) is 0 Å². The summed E-state index contributed by atoms with van der Waals surface area (Å²) in [5.74, 6) is -10.8. The minimum atomic E-state index is -1.82. The molecule has 1 saturated heterocycles. The number of amides is 13. The first-order valence-corrected chi connectivity index (χ1v) is 38.6. The zero-order valence-electron chi connectivity index (χ0n) is 64.7. The highest BCUT2D eigenvalue weighted by atomic mass is 16.5. The van der Waals surface area contributed by atoms with Gasteiger partial charge in [-0.2, -0.15) is 0 Å². The predicted molar refractivity (Wildman–Crippen MR) is 411 cm³/mol. The summed E-state index contributed by atoms with van der Waals surface area (Å²) in [7, 11) is 1.50. The first-order chi connectivity index (χ1) is 52.1. The number of hydrogen-bond acceptors (Lipinski definition) is 21. The van der Waals surface area contributed by atoms with Crippen molar-refractivity contribution < 1.29 is 77.3 Å². The van der Waals surface area contributed by atoms with Gasteiger partial charge in [-0.25, -0.2) is 0 Å². The Bertz CT molecular complexity index is 3200. The molecule has 1 aliphatic heterocycles. The van der Waals surface area contributed by atoms with E-state index in [1.54, 1.807) is 62.4 Å². The van der Waals surface area contributed by atoms with Crippen LogP contribution in [-0.2, 0) is 57.5 Å². The number of ether oxygens (including phenoxy) is 1. The van der Waals surface area contributed by atoms with Gasteiger partial charge in [-0.15, -0.1) is 0 Å². The normalized spacial score (nSPS) is 20.3. The second kappa shape index (κ2) is 52.2. The molecule has 3 rings (SSSR count). The van der Waals surface area contributed by atoms with Gasteiger partial charge in [-0.1, -0.05) is 129 Å². The first-order valence-electron chi connectivity index (χ1n) is 38.6. The molecule has 612 valence electrons. The van der Waals surface area contributed by atoms with E-state index in [2.05, 4.69) is 83.0 Å². The van der Waals surface area contributed by atoms with Crippen molar-refractivity contribution in [3.05, 3.63) is 54.1 Å². The number of carbonyl (C=O) groups is 13. The molecule has 1 heterocycles. The van der Waals surface area contributed by atoms with E-state index in [-0.39, 0.29) is 115 Å². The molecule has 0 spiro atoms. The van der Waals surface area contributed by atoms with Crippen LogP contribution < -0.4 is 103 Å². The second-order valence-electron chi connectivity index (χ2n) is 28.1. The van der Waals surface area contributed by atoms with Gasteiger partial charge in [0.05, 0.1) is 12.2 Å². The molecule has 13 atom stereocenters. The van der Waals surface area contributed by atoms with Crippen LogP contribution in [0.5, 0.6) is 5.75 Å². The Labute approximate surface area is 640 Å². The first kappa shape index (κ1) is 94.3. The number of unbranched alkanes of at least 4 members (excludes halogenated alkanes) is 10. The minimum Gasteiger partial charge on any atom is -0.484 e. The van der Waals surface area contributed by atoms with Crippen LogP contribution in [0.4, 0.5) is 0 Å². The minimum absolute atomic E-state index is 0.0567. The number of aliphatic hydroxyl groups excluding tert-OH is 2. The number of hydrogen-bond donors (Lipinski definition) is 20. The molecule has 0 radical (unpaired) electrons. The number of aliphatic hydroxyl groups is 2. The van der Waals surface area contributed by atoms with Gasteiger partial charge in [0.2, 0.25) is 65.0 Å². The van der Waals surface area contributed by atoms with Crippen LogP contribution in [0.2, 0.25) is 0 Å². The monoisotopic (exact) mass is 1530 g/mol. The van der Waals surface area contributed by atoms with Crippen molar-refractivity contribution in [2.75, 3.05) is 52.9 Å². The molecule has 34 heteroatoms. The van der Waals surface area contributed by atoms with E-state index in [0.717, 1.165) is 63.4 Å². The fourth-order valence-corrected chi connectivity index (χ4v) is 12.1. The topological polar surface area (TPSA) is 558 Å². The van der Waals surface area contributed by atoms with Crippen LogP contribution in [-0.4, -0.2) is 219 Å². The predicted octanol–water partition coefficient (Wildman–Crippen LogP) is -1.61. The summed E-state index contributed by atoms with van der Waals surface area (Å²) in [5.41, 5.74) is 31.4. The summed E-state index contributed by atoms with van der Waals surface area (Å²) in [6, 6.07) is -2.72. The van der Waals surface area contributed by atoms with E-state index in [1.165, 1.54) is 20.9 Å². The molecule has 1 fully saturated rings. The summed E-state index contributed by atoms with van der Waals surface area (Å²) in [4.78, 5) is 184. The molecule has 109 heavy (non-hydrogen) atoms. The van der Waals surface area contributed by atoms with Crippen LogP contribution in [0.3, 0.4) is 0 Å². The van der Waals surface area contributed by atoms with E-state index in [0.29, 0.717) is 30.6 Å². The lowest BCUT2D eigenvalue weighted by Crippen LogP contribution is -2.62. The number of rotatable bonds is 43. The lowest BCUT2D eigenvalue weighted by atomic mass is 10.00. The lowest BCUT2D eigenvalue weighted by Gasteiger charge is -2.29. The maximum atomic E-state index is 14.8. The van der Waals surface area contributed by atoms with Crippen LogP contribution in [0.15, 0.2) is 48.5 Å². The Morgan fingerprint density at radius 3 is 1.51 bits per heavy atom. The van der Waals surface area contributed by atoms with Crippen LogP contribution in [0.25, 0.3) is 11.1 Å². The largest absolute Gasteiger partial charge is 0.484 e. The highest BCUT2D eigenvalue weighted by Gasteiger charge is 2.38. The van der Waals surface area contributed by atoms with Crippen molar-refractivity contribution in [1.82, 2.24) is 69.1 Å². The Balaban J connectivity index is 2.05. The van der Waals surface area contributed by atoms with Crippen molar-refractivity contribution in [3.8, 4) is 16.9 Å². The van der Waals surface area contributed by atoms with Gasteiger partial charge in [0.25, 0.3) is 11.8 Å². The zero-order valence-corrected chi connectivity index (χ0v) is 64.7. The van der Waals surface area contributed by atoms with E-state index in [1.807, 2.05) is 0 Å². The molecular formula is C75H126N18O16. The average molecular weight is 1540 g/mol. The molecule has 13 amide bonds.